The third kappa shape index (κ3) is 6.04. The van der Waals surface area contributed by atoms with Crippen molar-refractivity contribution in [3.8, 4) is 5.75 Å². The monoisotopic (exact) mass is 293 g/mol. The van der Waals surface area contributed by atoms with Gasteiger partial charge in [-0.25, -0.2) is 0 Å². The van der Waals surface area contributed by atoms with E-state index in [0.29, 0.717) is 19.8 Å². The highest BCUT2D eigenvalue weighted by Gasteiger charge is 2.05. The Morgan fingerprint density at radius 1 is 1.38 bits per heavy atom. The molecule has 0 aliphatic heterocycles. The second kappa shape index (κ2) is 9.23. The zero-order valence-electron chi connectivity index (χ0n) is 13.7. The van der Waals surface area contributed by atoms with Gasteiger partial charge >= 0.3 is 0 Å². The van der Waals surface area contributed by atoms with Crippen LogP contribution in [0.2, 0.25) is 0 Å². The number of ether oxygens (including phenoxy) is 2. The zero-order chi connectivity index (χ0) is 15.7. The number of guanidine groups is 1. The van der Waals surface area contributed by atoms with Crippen molar-refractivity contribution in [1.82, 2.24) is 10.6 Å². The molecule has 21 heavy (non-hydrogen) atoms. The highest BCUT2D eigenvalue weighted by molar-refractivity contribution is 5.79. The summed E-state index contributed by atoms with van der Waals surface area (Å²) < 4.78 is 10.7. The van der Waals surface area contributed by atoms with Crippen LogP contribution in [0.25, 0.3) is 0 Å². The summed E-state index contributed by atoms with van der Waals surface area (Å²) in [4.78, 5) is 4.21. The van der Waals surface area contributed by atoms with Crippen molar-refractivity contribution in [3.63, 3.8) is 0 Å². The molecule has 5 nitrogen and oxygen atoms in total. The van der Waals surface area contributed by atoms with Crippen LogP contribution in [0.4, 0.5) is 0 Å². The van der Waals surface area contributed by atoms with E-state index < -0.39 is 0 Å². The summed E-state index contributed by atoms with van der Waals surface area (Å²) in [7, 11) is 3.45. The SMILES string of the molecule is CCOc1ccc(CNC(=NC)NC(C)COC)cc1C. The van der Waals surface area contributed by atoms with Gasteiger partial charge in [0.25, 0.3) is 0 Å². The number of benzene rings is 1. The Hall–Kier alpha value is -1.75. The minimum absolute atomic E-state index is 0.211. The van der Waals surface area contributed by atoms with E-state index >= 15 is 0 Å². The smallest absolute Gasteiger partial charge is 0.191 e. The van der Waals surface area contributed by atoms with Gasteiger partial charge in [-0.05, 0) is 38.0 Å². The van der Waals surface area contributed by atoms with Gasteiger partial charge in [-0.1, -0.05) is 12.1 Å². The fourth-order valence-corrected chi connectivity index (χ4v) is 2.04. The molecule has 0 heterocycles. The van der Waals surface area contributed by atoms with Gasteiger partial charge in [0.05, 0.1) is 13.2 Å². The molecule has 0 saturated carbocycles. The maximum Gasteiger partial charge on any atom is 0.191 e. The highest BCUT2D eigenvalue weighted by Crippen LogP contribution is 2.18. The molecule has 0 fully saturated rings. The van der Waals surface area contributed by atoms with Crippen LogP contribution in [0.15, 0.2) is 23.2 Å². The Morgan fingerprint density at radius 2 is 2.14 bits per heavy atom. The fraction of sp³-hybridized carbons (Fsp3) is 0.562. The van der Waals surface area contributed by atoms with E-state index in [2.05, 4.69) is 41.6 Å². The summed E-state index contributed by atoms with van der Waals surface area (Å²) in [5.41, 5.74) is 2.34. The first kappa shape index (κ1) is 17.3. The van der Waals surface area contributed by atoms with Crippen molar-refractivity contribution in [2.45, 2.75) is 33.4 Å². The Kier molecular flexibility index (Phi) is 7.61. The Balaban J connectivity index is 2.55. The third-order valence-corrected chi connectivity index (χ3v) is 3.02. The maximum atomic E-state index is 5.55. The molecule has 118 valence electrons. The highest BCUT2D eigenvalue weighted by atomic mass is 16.5. The molecule has 1 aromatic rings. The summed E-state index contributed by atoms with van der Waals surface area (Å²) in [5, 5.41) is 6.57. The second-order valence-electron chi connectivity index (χ2n) is 4.96. The number of aliphatic imine (C=N–C) groups is 1. The first-order valence-corrected chi connectivity index (χ1v) is 7.29. The van der Waals surface area contributed by atoms with E-state index in [9.17, 15) is 0 Å². The van der Waals surface area contributed by atoms with Crippen LogP contribution in [-0.4, -0.2) is 39.4 Å². The number of nitrogens with zero attached hydrogens (tertiary/aromatic N) is 1. The lowest BCUT2D eigenvalue weighted by molar-refractivity contribution is 0.179. The summed E-state index contributed by atoms with van der Waals surface area (Å²) in [6, 6.07) is 6.42. The molecule has 0 aliphatic rings. The molecule has 2 N–H and O–H groups in total. The minimum Gasteiger partial charge on any atom is -0.494 e. The van der Waals surface area contributed by atoms with Crippen molar-refractivity contribution in [2.75, 3.05) is 27.4 Å². The molecule has 0 amide bonds. The topological polar surface area (TPSA) is 54.9 Å². The standard InChI is InChI=1S/C16H27N3O2/c1-6-21-15-8-7-14(9-12(15)2)10-18-16(17-4)19-13(3)11-20-5/h7-9,13H,6,10-11H2,1-5H3,(H2,17,18,19). The molecule has 0 aliphatic carbocycles. The van der Waals surface area contributed by atoms with E-state index in [1.807, 2.05) is 13.0 Å². The van der Waals surface area contributed by atoms with E-state index in [0.717, 1.165) is 17.3 Å². The summed E-state index contributed by atoms with van der Waals surface area (Å²) >= 11 is 0. The van der Waals surface area contributed by atoms with Crippen molar-refractivity contribution >= 4 is 5.96 Å². The number of hydrogen-bond donors (Lipinski definition) is 2. The van der Waals surface area contributed by atoms with Crippen LogP contribution in [0, 0.1) is 6.92 Å². The number of aryl methyl sites for hydroxylation is 1. The van der Waals surface area contributed by atoms with Crippen LogP contribution in [0.1, 0.15) is 25.0 Å². The predicted molar refractivity (Wildman–Crippen MR) is 87.0 cm³/mol. The van der Waals surface area contributed by atoms with E-state index in [1.165, 1.54) is 5.56 Å². The molecule has 1 aromatic carbocycles. The molecular weight excluding hydrogens is 266 g/mol. The molecule has 5 heteroatoms. The average molecular weight is 293 g/mol. The quantitative estimate of drug-likeness (QED) is 0.597. The molecule has 0 radical (unpaired) electrons. The Labute approximate surface area is 127 Å². The van der Waals surface area contributed by atoms with Gasteiger partial charge in [0.1, 0.15) is 5.75 Å². The van der Waals surface area contributed by atoms with Crippen LogP contribution in [-0.2, 0) is 11.3 Å². The molecule has 0 bridgehead atoms. The van der Waals surface area contributed by atoms with Crippen LogP contribution in [0.3, 0.4) is 0 Å². The maximum absolute atomic E-state index is 5.55. The number of nitrogens with one attached hydrogen (secondary N) is 2. The van der Waals surface area contributed by atoms with Crippen LogP contribution in [0.5, 0.6) is 5.75 Å². The largest absolute Gasteiger partial charge is 0.494 e. The lowest BCUT2D eigenvalue weighted by Gasteiger charge is -2.17. The van der Waals surface area contributed by atoms with Crippen molar-refractivity contribution in [3.05, 3.63) is 29.3 Å². The summed E-state index contributed by atoms with van der Waals surface area (Å²) in [6.45, 7) is 8.15. The number of rotatable bonds is 7. The minimum atomic E-state index is 0.211. The fourth-order valence-electron chi connectivity index (χ4n) is 2.04. The van der Waals surface area contributed by atoms with Gasteiger partial charge in [0.2, 0.25) is 0 Å². The van der Waals surface area contributed by atoms with E-state index in [-0.39, 0.29) is 6.04 Å². The van der Waals surface area contributed by atoms with Gasteiger partial charge in [-0.3, -0.25) is 4.99 Å². The average Bonchev–Trinajstić information content (AvgIpc) is 2.46. The first-order chi connectivity index (χ1) is 10.1. The molecule has 1 unspecified atom stereocenters. The van der Waals surface area contributed by atoms with Gasteiger partial charge in [0, 0.05) is 26.7 Å². The molecule has 0 spiro atoms. The van der Waals surface area contributed by atoms with Gasteiger partial charge < -0.3 is 20.1 Å². The summed E-state index contributed by atoms with van der Waals surface area (Å²) in [6.07, 6.45) is 0. The Morgan fingerprint density at radius 3 is 2.71 bits per heavy atom. The Bertz CT molecular complexity index is 461. The number of hydrogen-bond acceptors (Lipinski definition) is 3. The third-order valence-electron chi connectivity index (χ3n) is 3.02. The van der Waals surface area contributed by atoms with Crippen molar-refractivity contribution < 1.29 is 9.47 Å². The zero-order valence-corrected chi connectivity index (χ0v) is 13.7. The lowest BCUT2D eigenvalue weighted by Crippen LogP contribution is -2.43. The van der Waals surface area contributed by atoms with Gasteiger partial charge in [0.15, 0.2) is 5.96 Å². The van der Waals surface area contributed by atoms with Crippen molar-refractivity contribution in [1.29, 1.82) is 0 Å². The number of methoxy groups -OCH3 is 1. The molecule has 0 saturated heterocycles. The molecule has 1 atom stereocenters. The first-order valence-electron chi connectivity index (χ1n) is 7.29. The van der Waals surface area contributed by atoms with Crippen molar-refractivity contribution in [2.24, 2.45) is 4.99 Å². The molecule has 1 rings (SSSR count). The van der Waals surface area contributed by atoms with Gasteiger partial charge in [-0.15, -0.1) is 0 Å². The second-order valence-corrected chi connectivity index (χ2v) is 4.96. The van der Waals surface area contributed by atoms with Crippen LogP contribution < -0.4 is 15.4 Å². The van der Waals surface area contributed by atoms with Gasteiger partial charge in [-0.2, -0.15) is 0 Å². The van der Waals surface area contributed by atoms with E-state index in [1.54, 1.807) is 14.2 Å². The molecular formula is C16H27N3O2. The lowest BCUT2D eigenvalue weighted by atomic mass is 10.1. The predicted octanol–water partition coefficient (Wildman–Crippen LogP) is 2.09. The van der Waals surface area contributed by atoms with E-state index in [4.69, 9.17) is 9.47 Å². The molecule has 0 aromatic heterocycles. The van der Waals surface area contributed by atoms with Crippen LogP contribution >= 0.6 is 0 Å². The normalized spacial score (nSPS) is 12.9. The summed E-state index contributed by atoms with van der Waals surface area (Å²) in [5.74, 6) is 1.71.